The highest BCUT2D eigenvalue weighted by Crippen LogP contribution is 2.15. The number of hydrogen-bond acceptors (Lipinski definition) is 2. The number of hydrogen-bond donors (Lipinski definition) is 2. The maximum absolute atomic E-state index is 12.4. The van der Waals surface area contributed by atoms with Gasteiger partial charge in [-0.3, -0.25) is 4.79 Å². The Morgan fingerprint density at radius 3 is 2.31 bits per heavy atom. The van der Waals surface area contributed by atoms with Crippen LogP contribution in [0.15, 0.2) is 48.5 Å². The topological polar surface area (TPSA) is 61.4 Å². The summed E-state index contributed by atoms with van der Waals surface area (Å²) in [5.74, 6) is -0.0351. The minimum Gasteiger partial charge on any atom is -0.339 e. The molecule has 0 heterocycles. The maximum atomic E-state index is 12.4. The van der Waals surface area contributed by atoms with Crippen molar-refractivity contribution in [1.29, 1.82) is 0 Å². The molecule has 0 spiro atoms. The van der Waals surface area contributed by atoms with Crippen LogP contribution in [0.1, 0.15) is 48.3 Å². The normalized spacial score (nSPS) is 11.5. The van der Waals surface area contributed by atoms with E-state index in [0.717, 1.165) is 5.56 Å². The molecule has 1 unspecified atom stereocenters. The summed E-state index contributed by atoms with van der Waals surface area (Å²) < 4.78 is 0. The fourth-order valence-electron chi connectivity index (χ4n) is 2.73. The lowest BCUT2D eigenvalue weighted by atomic mass is 10.1. The summed E-state index contributed by atoms with van der Waals surface area (Å²) >= 11 is 0. The molecule has 0 radical (unpaired) electrons. The first kappa shape index (κ1) is 19.5. The number of carbonyl (C=O) groups excluding carboxylic acids is 2. The van der Waals surface area contributed by atoms with Crippen molar-refractivity contribution in [3.63, 3.8) is 0 Å². The van der Waals surface area contributed by atoms with E-state index in [-0.39, 0.29) is 18.0 Å². The Labute approximate surface area is 155 Å². The Hall–Kier alpha value is -2.82. The molecule has 3 amide bonds. The number of nitrogens with zero attached hydrogens (tertiary/aromatic N) is 1. The van der Waals surface area contributed by atoms with Gasteiger partial charge in [-0.2, -0.15) is 0 Å². The average Bonchev–Trinajstić information content (AvgIpc) is 2.63. The van der Waals surface area contributed by atoms with Gasteiger partial charge in [-0.25, -0.2) is 4.79 Å². The highest BCUT2D eigenvalue weighted by Gasteiger charge is 2.14. The van der Waals surface area contributed by atoms with Gasteiger partial charge in [0.2, 0.25) is 0 Å². The molecule has 0 aromatic heterocycles. The summed E-state index contributed by atoms with van der Waals surface area (Å²) in [4.78, 5) is 26.5. The van der Waals surface area contributed by atoms with E-state index in [0.29, 0.717) is 24.3 Å². The first-order chi connectivity index (χ1) is 12.4. The van der Waals surface area contributed by atoms with Crippen LogP contribution in [0, 0.1) is 6.92 Å². The van der Waals surface area contributed by atoms with Gasteiger partial charge in [0.15, 0.2) is 0 Å². The summed E-state index contributed by atoms with van der Waals surface area (Å²) in [6, 6.07) is 14.6. The zero-order valence-corrected chi connectivity index (χ0v) is 15.9. The van der Waals surface area contributed by atoms with E-state index in [1.807, 2.05) is 52.0 Å². The molecular weight excluding hydrogens is 326 g/mol. The van der Waals surface area contributed by atoms with Gasteiger partial charge in [-0.1, -0.05) is 35.9 Å². The highest BCUT2D eigenvalue weighted by atomic mass is 16.2. The molecule has 0 bridgehead atoms. The lowest BCUT2D eigenvalue weighted by Gasteiger charge is -2.19. The molecule has 5 nitrogen and oxygen atoms in total. The summed E-state index contributed by atoms with van der Waals surface area (Å²) in [6.45, 7) is 9.17. The summed E-state index contributed by atoms with van der Waals surface area (Å²) in [7, 11) is 0. The van der Waals surface area contributed by atoms with Crippen molar-refractivity contribution >= 4 is 17.6 Å². The molecule has 5 heteroatoms. The van der Waals surface area contributed by atoms with Crippen LogP contribution in [0.4, 0.5) is 10.5 Å². The van der Waals surface area contributed by atoms with Crippen LogP contribution in [0.5, 0.6) is 0 Å². The molecule has 0 fully saturated rings. The van der Waals surface area contributed by atoms with Crippen molar-refractivity contribution in [1.82, 2.24) is 10.2 Å². The van der Waals surface area contributed by atoms with Gasteiger partial charge in [-0.05, 0) is 51.5 Å². The maximum Gasteiger partial charge on any atom is 0.319 e. The van der Waals surface area contributed by atoms with Gasteiger partial charge < -0.3 is 15.5 Å². The van der Waals surface area contributed by atoms with Crippen molar-refractivity contribution < 1.29 is 9.59 Å². The van der Waals surface area contributed by atoms with Gasteiger partial charge >= 0.3 is 6.03 Å². The predicted molar refractivity (Wildman–Crippen MR) is 105 cm³/mol. The Bertz CT molecular complexity index is 752. The number of rotatable bonds is 6. The van der Waals surface area contributed by atoms with E-state index in [1.165, 1.54) is 5.56 Å². The van der Waals surface area contributed by atoms with Crippen molar-refractivity contribution in [2.75, 3.05) is 18.4 Å². The summed E-state index contributed by atoms with van der Waals surface area (Å²) in [5, 5.41) is 5.72. The predicted octanol–water partition coefficient (Wildman–Crippen LogP) is 4.36. The van der Waals surface area contributed by atoms with E-state index >= 15 is 0 Å². The molecule has 2 rings (SSSR count). The number of benzene rings is 2. The Morgan fingerprint density at radius 1 is 1.04 bits per heavy atom. The molecule has 26 heavy (non-hydrogen) atoms. The smallest absolute Gasteiger partial charge is 0.319 e. The zero-order chi connectivity index (χ0) is 19.1. The third kappa shape index (κ3) is 5.09. The second kappa shape index (κ2) is 9.04. The van der Waals surface area contributed by atoms with Gasteiger partial charge in [0.05, 0.1) is 6.04 Å². The lowest BCUT2D eigenvalue weighted by Crippen LogP contribution is -2.32. The van der Waals surface area contributed by atoms with E-state index in [9.17, 15) is 9.59 Å². The zero-order valence-electron chi connectivity index (χ0n) is 15.9. The van der Waals surface area contributed by atoms with Crippen LogP contribution < -0.4 is 10.6 Å². The van der Waals surface area contributed by atoms with Gasteiger partial charge in [0.25, 0.3) is 5.91 Å². The van der Waals surface area contributed by atoms with E-state index < -0.39 is 0 Å². The minimum absolute atomic E-state index is 0.0351. The summed E-state index contributed by atoms with van der Waals surface area (Å²) in [6.07, 6.45) is 0. The lowest BCUT2D eigenvalue weighted by molar-refractivity contribution is 0.0773. The number of anilines is 1. The third-order valence-electron chi connectivity index (χ3n) is 4.34. The molecule has 2 aromatic rings. The molecule has 138 valence electrons. The van der Waals surface area contributed by atoms with Crippen LogP contribution in [-0.4, -0.2) is 29.9 Å². The van der Waals surface area contributed by atoms with Crippen LogP contribution in [0.2, 0.25) is 0 Å². The highest BCUT2D eigenvalue weighted by molar-refractivity contribution is 5.97. The minimum atomic E-state index is -0.300. The fraction of sp³-hybridized carbons (Fsp3) is 0.333. The van der Waals surface area contributed by atoms with Gasteiger partial charge in [-0.15, -0.1) is 0 Å². The number of nitrogens with one attached hydrogen (secondary N) is 2. The number of urea groups is 1. The third-order valence-corrected chi connectivity index (χ3v) is 4.34. The Balaban J connectivity index is 2.01. The van der Waals surface area contributed by atoms with Crippen molar-refractivity contribution in [2.45, 2.75) is 33.7 Å². The number of carbonyl (C=O) groups is 2. The second-order valence-electron chi connectivity index (χ2n) is 6.29. The summed E-state index contributed by atoms with van der Waals surface area (Å²) in [5.41, 5.74) is 3.38. The van der Waals surface area contributed by atoms with Crippen molar-refractivity contribution in [3.05, 3.63) is 65.2 Å². The largest absolute Gasteiger partial charge is 0.339 e. The Morgan fingerprint density at radius 2 is 1.69 bits per heavy atom. The molecule has 2 aromatic carbocycles. The van der Waals surface area contributed by atoms with Gasteiger partial charge in [0, 0.05) is 24.3 Å². The molecule has 1 atom stereocenters. The molecular formula is C21H27N3O2. The number of amides is 3. The molecule has 0 aliphatic rings. The van der Waals surface area contributed by atoms with Crippen molar-refractivity contribution in [3.8, 4) is 0 Å². The van der Waals surface area contributed by atoms with Crippen LogP contribution >= 0.6 is 0 Å². The first-order valence-electron chi connectivity index (χ1n) is 8.98. The van der Waals surface area contributed by atoms with E-state index in [1.54, 1.807) is 29.2 Å². The Kier molecular flexibility index (Phi) is 6.78. The standard InChI is InChI=1S/C21H27N3O2/c1-5-24(6-2)20(25)18-8-7-9-19(14-18)23-21(26)22-16(4)17-12-10-15(3)11-13-17/h7-14,16H,5-6H2,1-4H3,(H2,22,23,26). The van der Waals surface area contributed by atoms with E-state index in [2.05, 4.69) is 10.6 Å². The molecule has 0 saturated heterocycles. The number of aryl methyl sites for hydroxylation is 1. The quantitative estimate of drug-likeness (QED) is 0.810. The average molecular weight is 353 g/mol. The van der Waals surface area contributed by atoms with E-state index in [4.69, 9.17) is 0 Å². The van der Waals surface area contributed by atoms with Crippen LogP contribution in [-0.2, 0) is 0 Å². The monoisotopic (exact) mass is 353 g/mol. The first-order valence-corrected chi connectivity index (χ1v) is 8.98. The molecule has 2 N–H and O–H groups in total. The molecule has 0 aliphatic carbocycles. The SMILES string of the molecule is CCN(CC)C(=O)c1cccc(NC(=O)NC(C)c2ccc(C)cc2)c1. The van der Waals surface area contributed by atoms with Crippen LogP contribution in [0.3, 0.4) is 0 Å². The molecule has 0 saturated carbocycles. The molecule has 0 aliphatic heterocycles. The fourth-order valence-corrected chi connectivity index (χ4v) is 2.73. The van der Waals surface area contributed by atoms with Gasteiger partial charge in [0.1, 0.15) is 0 Å². The van der Waals surface area contributed by atoms with Crippen LogP contribution in [0.25, 0.3) is 0 Å². The van der Waals surface area contributed by atoms with Crippen molar-refractivity contribution in [2.24, 2.45) is 0 Å². The second-order valence-corrected chi connectivity index (χ2v) is 6.29.